The van der Waals surface area contributed by atoms with E-state index < -0.39 is 5.97 Å². The third-order valence-electron chi connectivity index (χ3n) is 2.63. The lowest BCUT2D eigenvalue weighted by atomic mass is 9.97. The maximum atomic E-state index is 11.7. The molecule has 0 bridgehead atoms. The fraction of sp³-hybridized carbons (Fsp3) is 0.357. The number of carboxylic acids is 1. The molecule has 5 nitrogen and oxygen atoms in total. The molecule has 0 radical (unpaired) electrons. The van der Waals surface area contributed by atoms with Crippen molar-refractivity contribution in [3.63, 3.8) is 0 Å². The summed E-state index contributed by atoms with van der Waals surface area (Å²) in [6, 6.07) is 9.42. The van der Waals surface area contributed by atoms with Crippen molar-refractivity contribution in [2.75, 3.05) is 12.3 Å². The molecule has 1 aromatic carbocycles. The Labute approximate surface area is 121 Å². The van der Waals surface area contributed by atoms with Crippen molar-refractivity contribution in [2.24, 2.45) is 0 Å². The average Bonchev–Trinajstić information content (AvgIpc) is 2.42. The second-order valence-electron chi connectivity index (χ2n) is 4.28. The van der Waals surface area contributed by atoms with Gasteiger partial charge in [0.05, 0.1) is 0 Å². The first-order valence-corrected chi connectivity index (χ1v) is 7.14. The number of rotatable bonds is 7. The van der Waals surface area contributed by atoms with Crippen LogP contribution in [0.3, 0.4) is 0 Å². The summed E-state index contributed by atoms with van der Waals surface area (Å²) in [5.74, 6) is -1.02. The molecule has 6 heteroatoms. The highest BCUT2D eigenvalue weighted by Gasteiger charge is 2.17. The monoisotopic (exact) mass is 295 g/mol. The molecule has 1 amide bonds. The SMILES string of the molecule is CC(=O)SCC(CC(=O)NCC(=O)O)c1ccccc1. The highest BCUT2D eigenvalue weighted by atomic mass is 32.2. The lowest BCUT2D eigenvalue weighted by Gasteiger charge is -2.15. The van der Waals surface area contributed by atoms with Gasteiger partial charge in [-0.2, -0.15) is 0 Å². The molecule has 0 aliphatic heterocycles. The Bertz CT molecular complexity index is 475. The molecular formula is C14H17NO4S. The number of carbonyl (C=O) groups is 3. The number of amides is 1. The van der Waals surface area contributed by atoms with Crippen LogP contribution < -0.4 is 5.32 Å². The van der Waals surface area contributed by atoms with Crippen LogP contribution in [0.1, 0.15) is 24.8 Å². The van der Waals surface area contributed by atoms with Crippen LogP contribution in [-0.4, -0.2) is 34.4 Å². The smallest absolute Gasteiger partial charge is 0.322 e. The molecule has 1 rings (SSSR count). The van der Waals surface area contributed by atoms with E-state index in [4.69, 9.17) is 5.11 Å². The van der Waals surface area contributed by atoms with Crippen molar-refractivity contribution in [1.29, 1.82) is 0 Å². The van der Waals surface area contributed by atoms with Gasteiger partial charge in [-0.25, -0.2) is 0 Å². The van der Waals surface area contributed by atoms with Crippen LogP contribution in [0.15, 0.2) is 30.3 Å². The summed E-state index contributed by atoms with van der Waals surface area (Å²) < 4.78 is 0. The Morgan fingerprint density at radius 2 is 1.90 bits per heavy atom. The standard InChI is InChI=1S/C14H17NO4S/c1-10(16)20-9-12(11-5-3-2-4-6-11)7-13(17)15-8-14(18)19/h2-6,12H,7-9H2,1H3,(H,15,17)(H,18,19). The average molecular weight is 295 g/mol. The second-order valence-corrected chi connectivity index (χ2v) is 5.48. The quantitative estimate of drug-likeness (QED) is 0.799. The molecule has 1 atom stereocenters. The van der Waals surface area contributed by atoms with Crippen LogP contribution in [0.25, 0.3) is 0 Å². The first-order chi connectivity index (χ1) is 9.49. The maximum Gasteiger partial charge on any atom is 0.322 e. The van der Waals surface area contributed by atoms with Gasteiger partial charge >= 0.3 is 5.97 Å². The van der Waals surface area contributed by atoms with Crippen LogP contribution in [-0.2, 0) is 14.4 Å². The third kappa shape index (κ3) is 6.38. The first kappa shape index (κ1) is 16.2. The van der Waals surface area contributed by atoms with Gasteiger partial charge < -0.3 is 10.4 Å². The van der Waals surface area contributed by atoms with E-state index in [1.807, 2.05) is 30.3 Å². The van der Waals surface area contributed by atoms with Gasteiger partial charge in [0, 0.05) is 25.0 Å². The molecule has 1 aromatic rings. The number of benzene rings is 1. The lowest BCUT2D eigenvalue weighted by Crippen LogP contribution is -2.30. The number of nitrogens with one attached hydrogen (secondary N) is 1. The molecule has 108 valence electrons. The largest absolute Gasteiger partial charge is 0.480 e. The molecule has 20 heavy (non-hydrogen) atoms. The van der Waals surface area contributed by atoms with Crippen molar-refractivity contribution in [3.05, 3.63) is 35.9 Å². The number of hydrogen-bond acceptors (Lipinski definition) is 4. The molecule has 2 N–H and O–H groups in total. The van der Waals surface area contributed by atoms with Gasteiger partial charge in [-0.05, 0) is 5.56 Å². The zero-order valence-corrected chi connectivity index (χ0v) is 12.0. The Kier molecular flexibility index (Phi) is 6.79. The van der Waals surface area contributed by atoms with Crippen LogP contribution in [0, 0.1) is 0 Å². The summed E-state index contributed by atoms with van der Waals surface area (Å²) in [6.07, 6.45) is 0.164. The normalized spacial score (nSPS) is 11.7. The van der Waals surface area contributed by atoms with Crippen molar-refractivity contribution in [3.8, 4) is 0 Å². The molecule has 0 aromatic heterocycles. The van der Waals surface area contributed by atoms with E-state index in [9.17, 15) is 14.4 Å². The van der Waals surface area contributed by atoms with Crippen LogP contribution in [0.2, 0.25) is 0 Å². The number of aliphatic carboxylic acids is 1. The fourth-order valence-electron chi connectivity index (χ4n) is 1.69. The number of carboxylic acid groups (broad SMARTS) is 1. The Balaban J connectivity index is 2.65. The van der Waals surface area contributed by atoms with Crippen LogP contribution in [0.5, 0.6) is 0 Å². The minimum Gasteiger partial charge on any atom is -0.480 e. The Morgan fingerprint density at radius 1 is 1.25 bits per heavy atom. The van der Waals surface area contributed by atoms with Crippen molar-refractivity contribution >= 4 is 28.8 Å². The molecule has 0 heterocycles. The van der Waals surface area contributed by atoms with E-state index in [1.54, 1.807) is 0 Å². The summed E-state index contributed by atoms with van der Waals surface area (Å²) in [7, 11) is 0. The van der Waals surface area contributed by atoms with Crippen molar-refractivity contribution in [2.45, 2.75) is 19.3 Å². The zero-order valence-electron chi connectivity index (χ0n) is 11.2. The highest BCUT2D eigenvalue weighted by molar-refractivity contribution is 8.13. The van der Waals surface area contributed by atoms with Crippen molar-refractivity contribution < 1.29 is 19.5 Å². The fourth-order valence-corrected chi connectivity index (χ4v) is 2.43. The third-order valence-corrected chi connectivity index (χ3v) is 3.60. The van der Waals surface area contributed by atoms with Gasteiger partial charge in [0.1, 0.15) is 6.54 Å². The summed E-state index contributed by atoms with van der Waals surface area (Å²) in [5.41, 5.74) is 0.965. The predicted molar refractivity (Wildman–Crippen MR) is 77.6 cm³/mol. The minimum atomic E-state index is -1.08. The van der Waals surface area contributed by atoms with Crippen LogP contribution >= 0.6 is 11.8 Å². The first-order valence-electron chi connectivity index (χ1n) is 6.16. The van der Waals surface area contributed by atoms with E-state index in [0.29, 0.717) is 5.75 Å². The minimum absolute atomic E-state index is 0.00289. The van der Waals surface area contributed by atoms with Gasteiger partial charge in [0.15, 0.2) is 5.12 Å². The summed E-state index contributed by atoms with van der Waals surface area (Å²) in [4.78, 5) is 33.2. The number of hydrogen-bond donors (Lipinski definition) is 2. The van der Waals surface area contributed by atoms with Gasteiger partial charge in [-0.1, -0.05) is 42.1 Å². The molecular weight excluding hydrogens is 278 g/mol. The van der Waals surface area contributed by atoms with Crippen molar-refractivity contribution in [1.82, 2.24) is 5.32 Å². The molecule has 0 aliphatic rings. The molecule has 1 unspecified atom stereocenters. The predicted octanol–water partition coefficient (Wildman–Crippen LogP) is 1.64. The van der Waals surface area contributed by atoms with Gasteiger partial charge in [-0.3, -0.25) is 14.4 Å². The Hall–Kier alpha value is -1.82. The molecule has 0 saturated heterocycles. The molecule has 0 aliphatic carbocycles. The highest BCUT2D eigenvalue weighted by Crippen LogP contribution is 2.24. The summed E-state index contributed by atoms with van der Waals surface area (Å²) in [6.45, 7) is 1.09. The van der Waals surface area contributed by atoms with Crippen LogP contribution in [0.4, 0.5) is 0 Å². The van der Waals surface area contributed by atoms with E-state index >= 15 is 0 Å². The number of carbonyl (C=O) groups excluding carboxylic acids is 2. The van der Waals surface area contributed by atoms with E-state index in [1.165, 1.54) is 18.7 Å². The summed E-state index contributed by atoms with van der Waals surface area (Å²) >= 11 is 1.17. The summed E-state index contributed by atoms with van der Waals surface area (Å²) in [5, 5.41) is 10.9. The molecule has 0 fully saturated rings. The van der Waals surface area contributed by atoms with E-state index in [-0.39, 0.29) is 29.9 Å². The molecule has 0 spiro atoms. The number of thioether (sulfide) groups is 1. The lowest BCUT2D eigenvalue weighted by molar-refractivity contribution is -0.138. The molecule has 0 saturated carbocycles. The maximum absolute atomic E-state index is 11.7. The van der Waals surface area contributed by atoms with Gasteiger partial charge in [0.25, 0.3) is 0 Å². The van der Waals surface area contributed by atoms with Gasteiger partial charge in [0.2, 0.25) is 5.91 Å². The zero-order chi connectivity index (χ0) is 15.0. The van der Waals surface area contributed by atoms with E-state index in [0.717, 1.165) is 5.56 Å². The van der Waals surface area contributed by atoms with E-state index in [2.05, 4.69) is 5.32 Å². The van der Waals surface area contributed by atoms with Gasteiger partial charge in [-0.15, -0.1) is 0 Å². The Morgan fingerprint density at radius 3 is 2.45 bits per heavy atom. The second kappa shape index (κ2) is 8.37. The topological polar surface area (TPSA) is 83.5 Å².